The Hall–Kier alpha value is -4.43. The molecule has 2 N–H and O–H groups in total. The predicted molar refractivity (Wildman–Crippen MR) is 154 cm³/mol. The number of amides is 1. The van der Waals surface area contributed by atoms with Gasteiger partial charge in [-0.3, -0.25) is 19.2 Å². The molecule has 2 heterocycles. The SMILES string of the molecule is CC(C)(C)n1nc(C(=O)Nc2ccc(CN3CC(C(=O)O)C3)cc2)cc1-c1ccc(OCc2ccccc2)cc1. The van der Waals surface area contributed by atoms with Gasteiger partial charge in [-0.25, -0.2) is 0 Å². The number of ether oxygens (including phenoxy) is 1. The number of carboxylic acid groups (broad SMARTS) is 1. The Kier molecular flexibility index (Phi) is 7.71. The van der Waals surface area contributed by atoms with Gasteiger partial charge in [-0.05, 0) is 74.4 Å². The first kappa shape index (κ1) is 27.1. The summed E-state index contributed by atoms with van der Waals surface area (Å²) >= 11 is 0. The molecular weight excluding hydrogens is 504 g/mol. The number of hydrogen-bond donors (Lipinski definition) is 2. The molecule has 3 aromatic carbocycles. The number of hydrogen-bond acceptors (Lipinski definition) is 5. The molecule has 0 saturated carbocycles. The Balaban J connectivity index is 1.25. The molecule has 0 aliphatic carbocycles. The van der Waals surface area contributed by atoms with Gasteiger partial charge in [0, 0.05) is 30.9 Å². The molecule has 1 fully saturated rings. The standard InChI is InChI=1S/C32H34N4O4/c1-32(2,3)36-29(24-11-15-27(16-12-24)40-21-23-7-5-4-6-8-23)17-28(34-36)30(37)33-26-13-9-22(10-14-26)18-35-19-25(20-35)31(38)39/h4-17,25H,18-21H2,1-3H3,(H,33,37)(H,38,39). The van der Waals surface area contributed by atoms with E-state index in [1.165, 1.54) is 0 Å². The zero-order valence-corrected chi connectivity index (χ0v) is 23.0. The number of carbonyl (C=O) groups is 2. The molecule has 1 aliphatic rings. The van der Waals surface area contributed by atoms with Crippen LogP contribution in [0.25, 0.3) is 11.3 Å². The molecule has 0 atom stereocenters. The topological polar surface area (TPSA) is 96.7 Å². The number of rotatable bonds is 9. The number of benzene rings is 3. The second kappa shape index (κ2) is 11.4. The third-order valence-electron chi connectivity index (χ3n) is 6.90. The second-order valence-electron chi connectivity index (χ2n) is 11.2. The van der Waals surface area contributed by atoms with Crippen LogP contribution < -0.4 is 10.1 Å². The minimum Gasteiger partial charge on any atom is -0.489 e. The highest BCUT2D eigenvalue weighted by Gasteiger charge is 2.32. The molecule has 5 rings (SSSR count). The first-order valence-electron chi connectivity index (χ1n) is 13.4. The van der Waals surface area contributed by atoms with Gasteiger partial charge in [-0.2, -0.15) is 5.10 Å². The number of carbonyl (C=O) groups excluding carboxylic acids is 1. The Morgan fingerprint density at radius 2 is 1.62 bits per heavy atom. The smallest absolute Gasteiger partial charge is 0.309 e. The van der Waals surface area contributed by atoms with Gasteiger partial charge in [0.05, 0.1) is 17.2 Å². The fourth-order valence-corrected chi connectivity index (χ4v) is 4.67. The number of carboxylic acids is 1. The van der Waals surface area contributed by atoms with Crippen LogP contribution in [-0.4, -0.2) is 44.8 Å². The summed E-state index contributed by atoms with van der Waals surface area (Å²) in [6, 6.07) is 27.3. The van der Waals surface area contributed by atoms with E-state index in [0.29, 0.717) is 37.6 Å². The van der Waals surface area contributed by atoms with Gasteiger partial charge in [-0.1, -0.05) is 42.5 Å². The average Bonchev–Trinajstić information content (AvgIpc) is 3.38. The van der Waals surface area contributed by atoms with E-state index in [1.807, 2.05) is 89.6 Å². The lowest BCUT2D eigenvalue weighted by Gasteiger charge is -2.36. The molecule has 0 bridgehead atoms. The van der Waals surface area contributed by atoms with E-state index >= 15 is 0 Å². The van der Waals surface area contributed by atoms with Gasteiger partial charge >= 0.3 is 5.97 Å². The summed E-state index contributed by atoms with van der Waals surface area (Å²) in [7, 11) is 0. The fraction of sp³-hybridized carbons (Fsp3) is 0.281. The quantitative estimate of drug-likeness (QED) is 0.286. The summed E-state index contributed by atoms with van der Waals surface area (Å²) in [5.41, 5.74) is 4.62. The van der Waals surface area contributed by atoms with E-state index in [4.69, 9.17) is 9.84 Å². The summed E-state index contributed by atoms with van der Waals surface area (Å²) in [5.74, 6) is -0.531. The number of likely N-dealkylation sites (tertiary alicyclic amines) is 1. The van der Waals surface area contributed by atoms with E-state index in [2.05, 4.69) is 36.1 Å². The largest absolute Gasteiger partial charge is 0.489 e. The number of anilines is 1. The highest BCUT2D eigenvalue weighted by atomic mass is 16.5. The van der Waals surface area contributed by atoms with Crippen LogP contribution in [0, 0.1) is 5.92 Å². The minimum atomic E-state index is -0.740. The second-order valence-corrected chi connectivity index (χ2v) is 11.2. The molecule has 0 radical (unpaired) electrons. The molecule has 8 heteroatoms. The van der Waals surface area contributed by atoms with Crippen molar-refractivity contribution in [3.63, 3.8) is 0 Å². The third-order valence-corrected chi connectivity index (χ3v) is 6.90. The van der Waals surface area contributed by atoms with E-state index in [-0.39, 0.29) is 17.4 Å². The van der Waals surface area contributed by atoms with Crippen molar-refractivity contribution in [1.82, 2.24) is 14.7 Å². The van der Waals surface area contributed by atoms with Crippen molar-refractivity contribution in [1.29, 1.82) is 0 Å². The van der Waals surface area contributed by atoms with Crippen molar-refractivity contribution in [2.45, 2.75) is 39.5 Å². The lowest BCUT2D eigenvalue weighted by Crippen LogP contribution is -2.49. The summed E-state index contributed by atoms with van der Waals surface area (Å²) in [5, 5.41) is 16.7. The summed E-state index contributed by atoms with van der Waals surface area (Å²) in [6.07, 6.45) is 0. The molecule has 1 aliphatic heterocycles. The zero-order chi connectivity index (χ0) is 28.3. The maximum Gasteiger partial charge on any atom is 0.309 e. The van der Waals surface area contributed by atoms with Crippen molar-refractivity contribution >= 4 is 17.6 Å². The molecular formula is C32H34N4O4. The Morgan fingerprint density at radius 3 is 2.25 bits per heavy atom. The van der Waals surface area contributed by atoms with Crippen molar-refractivity contribution in [3.8, 4) is 17.0 Å². The van der Waals surface area contributed by atoms with E-state index in [1.54, 1.807) is 0 Å². The molecule has 0 spiro atoms. The Labute approximate surface area is 234 Å². The number of nitrogens with one attached hydrogen (secondary N) is 1. The highest BCUT2D eigenvalue weighted by Crippen LogP contribution is 2.29. The maximum absolute atomic E-state index is 13.2. The van der Waals surface area contributed by atoms with Gasteiger partial charge in [0.15, 0.2) is 5.69 Å². The molecule has 1 aromatic heterocycles. The number of aromatic nitrogens is 2. The molecule has 8 nitrogen and oxygen atoms in total. The van der Waals surface area contributed by atoms with Crippen molar-refractivity contribution in [2.75, 3.05) is 18.4 Å². The summed E-state index contributed by atoms with van der Waals surface area (Å²) in [6.45, 7) is 8.47. The van der Waals surface area contributed by atoms with Gasteiger partial charge in [0.25, 0.3) is 5.91 Å². The van der Waals surface area contributed by atoms with Crippen LogP contribution in [0.1, 0.15) is 42.4 Å². The van der Waals surface area contributed by atoms with Crippen LogP contribution in [0.4, 0.5) is 5.69 Å². The Morgan fingerprint density at radius 1 is 0.950 bits per heavy atom. The van der Waals surface area contributed by atoms with Crippen LogP contribution in [0.2, 0.25) is 0 Å². The summed E-state index contributed by atoms with van der Waals surface area (Å²) < 4.78 is 7.81. The molecule has 1 amide bonds. The lowest BCUT2D eigenvalue weighted by atomic mass is 9.99. The van der Waals surface area contributed by atoms with Crippen LogP contribution in [0.15, 0.2) is 84.9 Å². The first-order chi connectivity index (χ1) is 19.2. The lowest BCUT2D eigenvalue weighted by molar-refractivity contribution is -0.147. The average molecular weight is 539 g/mol. The highest BCUT2D eigenvalue weighted by molar-refractivity contribution is 6.03. The number of nitrogens with zero attached hydrogens (tertiary/aromatic N) is 3. The van der Waals surface area contributed by atoms with Gasteiger partial charge < -0.3 is 15.2 Å². The van der Waals surface area contributed by atoms with E-state index in [0.717, 1.165) is 28.1 Å². The van der Waals surface area contributed by atoms with Crippen LogP contribution >= 0.6 is 0 Å². The molecule has 206 valence electrons. The van der Waals surface area contributed by atoms with Crippen LogP contribution in [0.3, 0.4) is 0 Å². The van der Waals surface area contributed by atoms with Crippen LogP contribution in [-0.2, 0) is 23.5 Å². The van der Waals surface area contributed by atoms with E-state index in [9.17, 15) is 9.59 Å². The Bertz CT molecular complexity index is 1470. The summed E-state index contributed by atoms with van der Waals surface area (Å²) in [4.78, 5) is 26.3. The minimum absolute atomic E-state index is 0.276. The maximum atomic E-state index is 13.2. The molecule has 40 heavy (non-hydrogen) atoms. The van der Waals surface area contributed by atoms with Crippen molar-refractivity contribution in [2.24, 2.45) is 5.92 Å². The first-order valence-corrected chi connectivity index (χ1v) is 13.4. The normalized spacial score (nSPS) is 14.0. The van der Waals surface area contributed by atoms with E-state index < -0.39 is 5.97 Å². The van der Waals surface area contributed by atoms with Gasteiger partial charge in [0.1, 0.15) is 12.4 Å². The zero-order valence-electron chi connectivity index (χ0n) is 23.0. The number of aliphatic carboxylic acids is 1. The molecule has 1 saturated heterocycles. The van der Waals surface area contributed by atoms with Crippen molar-refractivity contribution < 1.29 is 19.4 Å². The van der Waals surface area contributed by atoms with Crippen LogP contribution in [0.5, 0.6) is 5.75 Å². The monoisotopic (exact) mass is 538 g/mol. The molecule has 0 unspecified atom stereocenters. The third kappa shape index (κ3) is 6.40. The predicted octanol–water partition coefficient (Wildman–Crippen LogP) is 5.65. The van der Waals surface area contributed by atoms with Gasteiger partial charge in [-0.15, -0.1) is 0 Å². The van der Waals surface area contributed by atoms with Gasteiger partial charge in [0.2, 0.25) is 0 Å². The van der Waals surface area contributed by atoms with Crippen molar-refractivity contribution in [3.05, 3.63) is 102 Å². The molecule has 4 aromatic rings. The fourth-order valence-electron chi connectivity index (χ4n) is 4.67.